The van der Waals surface area contributed by atoms with Crippen molar-refractivity contribution < 1.29 is 4.79 Å². The van der Waals surface area contributed by atoms with Crippen LogP contribution in [0.5, 0.6) is 0 Å². The molecule has 1 aliphatic heterocycles. The van der Waals surface area contributed by atoms with Gasteiger partial charge in [0.1, 0.15) is 5.82 Å². The van der Waals surface area contributed by atoms with Crippen LogP contribution < -0.4 is 5.32 Å². The van der Waals surface area contributed by atoms with Crippen molar-refractivity contribution in [2.75, 3.05) is 11.1 Å². The zero-order valence-electron chi connectivity index (χ0n) is 16.7. The van der Waals surface area contributed by atoms with Crippen molar-refractivity contribution in [1.29, 1.82) is 0 Å². The van der Waals surface area contributed by atoms with E-state index in [4.69, 9.17) is 0 Å². The summed E-state index contributed by atoms with van der Waals surface area (Å²) in [6, 6.07) is 16.3. The summed E-state index contributed by atoms with van der Waals surface area (Å²) in [6.45, 7) is 3.06. The van der Waals surface area contributed by atoms with Crippen LogP contribution in [0.1, 0.15) is 37.1 Å². The monoisotopic (exact) mass is 406 g/mol. The Labute approximate surface area is 175 Å². The van der Waals surface area contributed by atoms with Gasteiger partial charge in [-0.3, -0.25) is 4.79 Å². The number of hydrogen-bond donors (Lipinski definition) is 1. The van der Waals surface area contributed by atoms with Crippen LogP contribution in [0.25, 0.3) is 11.4 Å². The topological polar surface area (TPSA) is 59.8 Å². The molecule has 0 saturated heterocycles. The second-order valence-electron chi connectivity index (χ2n) is 7.44. The maximum atomic E-state index is 12.2. The van der Waals surface area contributed by atoms with E-state index < -0.39 is 0 Å². The summed E-state index contributed by atoms with van der Waals surface area (Å²) < 4.78 is 2.24. The maximum absolute atomic E-state index is 12.2. The van der Waals surface area contributed by atoms with Crippen LogP contribution in [0.15, 0.2) is 53.4 Å². The summed E-state index contributed by atoms with van der Waals surface area (Å²) in [4.78, 5) is 13.4. The number of fused-ring (bicyclic) bond motifs is 1. The van der Waals surface area contributed by atoms with Gasteiger partial charge in [-0.15, -0.1) is 22.0 Å². The lowest BCUT2D eigenvalue weighted by molar-refractivity contribution is -0.115. The number of aryl methyl sites for hydroxylation is 2. The highest BCUT2D eigenvalue weighted by Crippen LogP contribution is 2.24. The summed E-state index contributed by atoms with van der Waals surface area (Å²) in [7, 11) is 0. The average molecular weight is 407 g/mol. The van der Waals surface area contributed by atoms with Gasteiger partial charge in [-0.05, 0) is 56.2 Å². The molecule has 3 aromatic rings. The predicted octanol–water partition coefficient (Wildman–Crippen LogP) is 5.10. The van der Waals surface area contributed by atoms with Crippen LogP contribution in [0, 0.1) is 6.92 Å². The minimum absolute atomic E-state index is 0.0358. The number of benzene rings is 2. The standard InChI is InChI=1S/C23H26N4OS/c1-17-6-12-20(13-7-17)29-16-14-22(28)24-19-10-8-18(9-11-19)23-26-25-21-5-3-2-4-15-27(21)23/h6-13H,2-5,14-16H2,1H3,(H,24,28). The molecule has 0 bridgehead atoms. The minimum Gasteiger partial charge on any atom is -0.326 e. The molecule has 1 amide bonds. The third-order valence-corrected chi connectivity index (χ3v) is 6.17. The first kappa shape index (κ1) is 19.7. The number of aromatic nitrogens is 3. The fraction of sp³-hybridized carbons (Fsp3) is 0.348. The predicted molar refractivity (Wildman–Crippen MR) is 118 cm³/mol. The van der Waals surface area contributed by atoms with Crippen LogP contribution in [0.2, 0.25) is 0 Å². The number of anilines is 1. The number of thioether (sulfide) groups is 1. The molecule has 2 aromatic carbocycles. The first-order valence-electron chi connectivity index (χ1n) is 10.2. The quantitative estimate of drug-likeness (QED) is 0.579. The molecular formula is C23H26N4OS. The zero-order chi connectivity index (χ0) is 20.1. The summed E-state index contributed by atoms with van der Waals surface area (Å²) in [6.07, 6.45) is 5.09. The fourth-order valence-electron chi connectivity index (χ4n) is 3.52. The minimum atomic E-state index is 0.0358. The number of amides is 1. The van der Waals surface area contributed by atoms with Crippen molar-refractivity contribution in [3.63, 3.8) is 0 Å². The molecule has 5 nitrogen and oxygen atoms in total. The fourth-order valence-corrected chi connectivity index (χ4v) is 4.37. The summed E-state index contributed by atoms with van der Waals surface area (Å²) in [5.74, 6) is 2.81. The van der Waals surface area contributed by atoms with Gasteiger partial charge >= 0.3 is 0 Å². The van der Waals surface area contributed by atoms with Crippen molar-refractivity contribution in [2.24, 2.45) is 0 Å². The molecule has 1 aromatic heterocycles. The van der Waals surface area contributed by atoms with Crippen molar-refractivity contribution in [2.45, 2.75) is 50.5 Å². The van der Waals surface area contributed by atoms with E-state index >= 15 is 0 Å². The van der Waals surface area contributed by atoms with E-state index in [1.807, 2.05) is 24.3 Å². The van der Waals surface area contributed by atoms with E-state index in [0.29, 0.717) is 6.42 Å². The molecule has 0 atom stereocenters. The highest BCUT2D eigenvalue weighted by molar-refractivity contribution is 7.99. The van der Waals surface area contributed by atoms with Gasteiger partial charge in [0.2, 0.25) is 5.91 Å². The smallest absolute Gasteiger partial charge is 0.225 e. The van der Waals surface area contributed by atoms with Gasteiger partial charge < -0.3 is 9.88 Å². The van der Waals surface area contributed by atoms with E-state index in [0.717, 1.165) is 41.6 Å². The SMILES string of the molecule is Cc1ccc(SCCC(=O)Nc2ccc(-c3nnc4n3CCCCC4)cc2)cc1. The average Bonchev–Trinajstić information content (AvgIpc) is 2.98. The summed E-state index contributed by atoms with van der Waals surface area (Å²) >= 11 is 1.70. The van der Waals surface area contributed by atoms with E-state index in [9.17, 15) is 4.79 Å². The number of rotatable bonds is 6. The first-order chi connectivity index (χ1) is 14.2. The second kappa shape index (κ2) is 9.27. The van der Waals surface area contributed by atoms with Crippen LogP contribution in [-0.4, -0.2) is 26.4 Å². The Morgan fingerprint density at radius 2 is 1.83 bits per heavy atom. The van der Waals surface area contributed by atoms with Crippen LogP contribution in [0.3, 0.4) is 0 Å². The van der Waals surface area contributed by atoms with Crippen molar-refractivity contribution >= 4 is 23.4 Å². The largest absolute Gasteiger partial charge is 0.326 e. The Morgan fingerprint density at radius 3 is 2.62 bits per heavy atom. The molecule has 29 heavy (non-hydrogen) atoms. The van der Waals surface area contributed by atoms with Crippen LogP contribution in [-0.2, 0) is 17.8 Å². The van der Waals surface area contributed by atoms with E-state index in [-0.39, 0.29) is 5.91 Å². The molecule has 0 unspecified atom stereocenters. The van der Waals surface area contributed by atoms with E-state index in [1.165, 1.54) is 29.7 Å². The molecule has 0 spiro atoms. The molecule has 0 radical (unpaired) electrons. The Bertz CT molecular complexity index is 964. The van der Waals surface area contributed by atoms with Gasteiger partial charge in [0.05, 0.1) is 0 Å². The number of nitrogens with one attached hydrogen (secondary N) is 1. The number of hydrogen-bond acceptors (Lipinski definition) is 4. The number of nitrogens with zero attached hydrogens (tertiary/aromatic N) is 3. The molecule has 4 rings (SSSR count). The highest BCUT2D eigenvalue weighted by atomic mass is 32.2. The molecule has 6 heteroatoms. The maximum Gasteiger partial charge on any atom is 0.225 e. The van der Waals surface area contributed by atoms with Gasteiger partial charge in [0.15, 0.2) is 5.82 Å². The lowest BCUT2D eigenvalue weighted by Crippen LogP contribution is -2.12. The molecule has 150 valence electrons. The summed E-state index contributed by atoms with van der Waals surface area (Å²) in [5.41, 5.74) is 3.10. The lowest BCUT2D eigenvalue weighted by atomic mass is 10.2. The molecule has 2 heterocycles. The molecule has 1 aliphatic rings. The van der Waals surface area contributed by atoms with Crippen molar-refractivity contribution in [3.8, 4) is 11.4 Å². The van der Waals surface area contributed by atoms with Crippen LogP contribution >= 0.6 is 11.8 Å². The Balaban J connectivity index is 1.32. The second-order valence-corrected chi connectivity index (χ2v) is 8.61. The Hall–Kier alpha value is -2.60. The summed E-state index contributed by atoms with van der Waals surface area (Å²) in [5, 5.41) is 11.8. The van der Waals surface area contributed by atoms with Gasteiger partial charge in [-0.2, -0.15) is 0 Å². The van der Waals surface area contributed by atoms with E-state index in [1.54, 1.807) is 11.8 Å². The Morgan fingerprint density at radius 1 is 1.03 bits per heavy atom. The molecular weight excluding hydrogens is 380 g/mol. The van der Waals surface area contributed by atoms with Gasteiger partial charge in [-0.25, -0.2) is 0 Å². The third kappa shape index (κ3) is 5.07. The van der Waals surface area contributed by atoms with Crippen LogP contribution in [0.4, 0.5) is 5.69 Å². The molecule has 0 fully saturated rings. The molecule has 0 aliphatic carbocycles. The zero-order valence-corrected chi connectivity index (χ0v) is 17.5. The van der Waals surface area contributed by atoms with Crippen molar-refractivity contribution in [1.82, 2.24) is 14.8 Å². The number of carbonyl (C=O) groups is 1. The third-order valence-electron chi connectivity index (χ3n) is 5.16. The van der Waals surface area contributed by atoms with Crippen molar-refractivity contribution in [3.05, 3.63) is 59.9 Å². The number of carbonyl (C=O) groups excluding carboxylic acids is 1. The highest BCUT2D eigenvalue weighted by Gasteiger charge is 2.16. The van der Waals surface area contributed by atoms with Gasteiger partial charge in [0.25, 0.3) is 0 Å². The van der Waals surface area contributed by atoms with Gasteiger partial charge in [-0.1, -0.05) is 24.1 Å². The molecule has 0 saturated carbocycles. The molecule has 1 N–H and O–H groups in total. The van der Waals surface area contributed by atoms with Gasteiger partial charge in [0, 0.05) is 41.3 Å². The normalized spacial score (nSPS) is 13.6. The first-order valence-corrected chi connectivity index (χ1v) is 11.2. The Kier molecular flexibility index (Phi) is 6.30. The van der Waals surface area contributed by atoms with E-state index in [2.05, 4.69) is 51.3 Å². The lowest BCUT2D eigenvalue weighted by Gasteiger charge is -2.09.